The van der Waals surface area contributed by atoms with Crippen molar-refractivity contribution in [3.63, 3.8) is 0 Å². The van der Waals surface area contributed by atoms with E-state index in [9.17, 15) is 0 Å². The van der Waals surface area contributed by atoms with E-state index in [2.05, 4.69) is 16.7 Å². The van der Waals surface area contributed by atoms with Gasteiger partial charge < -0.3 is 0 Å². The molecule has 0 aliphatic carbocycles. The van der Waals surface area contributed by atoms with E-state index in [1.54, 1.807) is 11.3 Å². The SMILES string of the molecule is Clc1ccc(-c2cn3cc(Cc4ccccc4Cl)sc3n2)cc1. The molecular formula is C18H12Cl2N2S. The van der Waals surface area contributed by atoms with Gasteiger partial charge in [-0.25, -0.2) is 4.98 Å². The first-order chi connectivity index (χ1) is 11.2. The maximum absolute atomic E-state index is 6.24. The molecule has 2 nitrogen and oxygen atoms in total. The van der Waals surface area contributed by atoms with Crippen LogP contribution in [0.2, 0.25) is 10.0 Å². The van der Waals surface area contributed by atoms with Gasteiger partial charge in [-0.15, -0.1) is 11.3 Å². The molecule has 114 valence electrons. The van der Waals surface area contributed by atoms with E-state index >= 15 is 0 Å². The molecule has 0 aliphatic rings. The molecule has 0 fully saturated rings. The van der Waals surface area contributed by atoms with E-state index in [0.29, 0.717) is 0 Å². The maximum atomic E-state index is 6.24. The Morgan fingerprint density at radius 2 is 1.74 bits per heavy atom. The van der Waals surface area contributed by atoms with Gasteiger partial charge in [-0.05, 0) is 23.8 Å². The lowest BCUT2D eigenvalue weighted by molar-refractivity contribution is 1.16. The molecule has 4 aromatic rings. The first-order valence-electron chi connectivity index (χ1n) is 7.16. The summed E-state index contributed by atoms with van der Waals surface area (Å²) in [4.78, 5) is 6.93. The van der Waals surface area contributed by atoms with E-state index < -0.39 is 0 Å². The fraction of sp³-hybridized carbons (Fsp3) is 0.0556. The lowest BCUT2D eigenvalue weighted by atomic mass is 10.1. The number of halogens is 2. The summed E-state index contributed by atoms with van der Waals surface area (Å²) in [5.41, 5.74) is 3.16. The number of nitrogens with zero attached hydrogens (tertiary/aromatic N) is 2. The summed E-state index contributed by atoms with van der Waals surface area (Å²) in [6.07, 6.45) is 4.99. The average Bonchev–Trinajstić information content (AvgIpc) is 3.09. The van der Waals surface area contributed by atoms with Gasteiger partial charge in [0.05, 0.1) is 5.69 Å². The monoisotopic (exact) mass is 358 g/mol. The van der Waals surface area contributed by atoms with E-state index in [1.807, 2.05) is 48.7 Å². The van der Waals surface area contributed by atoms with Crippen LogP contribution in [0.3, 0.4) is 0 Å². The Morgan fingerprint density at radius 3 is 2.48 bits per heavy atom. The lowest BCUT2D eigenvalue weighted by Crippen LogP contribution is -1.86. The van der Waals surface area contributed by atoms with Gasteiger partial charge in [-0.3, -0.25) is 4.40 Å². The average molecular weight is 359 g/mol. The Morgan fingerprint density at radius 1 is 0.957 bits per heavy atom. The number of rotatable bonds is 3. The van der Waals surface area contributed by atoms with Gasteiger partial charge in [-0.1, -0.05) is 53.5 Å². The molecule has 0 atom stereocenters. The van der Waals surface area contributed by atoms with Crippen molar-refractivity contribution < 1.29 is 0 Å². The third kappa shape index (κ3) is 3.00. The molecule has 4 rings (SSSR count). The quantitative estimate of drug-likeness (QED) is 0.441. The first kappa shape index (κ1) is 14.8. The topological polar surface area (TPSA) is 17.3 Å². The molecule has 0 aliphatic heterocycles. The zero-order chi connectivity index (χ0) is 15.8. The summed E-state index contributed by atoms with van der Waals surface area (Å²) >= 11 is 13.9. The fourth-order valence-electron chi connectivity index (χ4n) is 2.51. The van der Waals surface area contributed by atoms with Gasteiger partial charge in [0.1, 0.15) is 0 Å². The second kappa shape index (κ2) is 6.00. The van der Waals surface area contributed by atoms with Crippen LogP contribution in [-0.2, 0) is 6.42 Å². The molecule has 0 amide bonds. The molecule has 2 heterocycles. The fourth-order valence-corrected chi connectivity index (χ4v) is 3.83. The summed E-state index contributed by atoms with van der Waals surface area (Å²) < 4.78 is 2.07. The van der Waals surface area contributed by atoms with Gasteiger partial charge in [0.15, 0.2) is 4.96 Å². The molecule has 2 aromatic heterocycles. The van der Waals surface area contributed by atoms with Crippen LogP contribution in [0.15, 0.2) is 60.9 Å². The smallest absolute Gasteiger partial charge is 0.194 e. The molecule has 0 bridgehead atoms. The zero-order valence-electron chi connectivity index (χ0n) is 12.0. The Balaban J connectivity index is 1.64. The maximum Gasteiger partial charge on any atom is 0.194 e. The summed E-state index contributed by atoms with van der Waals surface area (Å²) in [6, 6.07) is 15.7. The van der Waals surface area contributed by atoms with Crippen LogP contribution in [0.5, 0.6) is 0 Å². The highest BCUT2D eigenvalue weighted by atomic mass is 35.5. The van der Waals surface area contributed by atoms with Gasteiger partial charge in [0.2, 0.25) is 0 Å². The van der Waals surface area contributed by atoms with Crippen molar-refractivity contribution in [2.75, 3.05) is 0 Å². The van der Waals surface area contributed by atoms with Crippen molar-refractivity contribution in [2.45, 2.75) is 6.42 Å². The van der Waals surface area contributed by atoms with Crippen LogP contribution >= 0.6 is 34.5 Å². The molecule has 0 radical (unpaired) electrons. The normalized spacial score (nSPS) is 11.2. The Bertz CT molecular complexity index is 939. The molecule has 2 aromatic carbocycles. The minimum atomic E-state index is 0.733. The highest BCUT2D eigenvalue weighted by Gasteiger charge is 2.09. The molecule has 0 saturated carbocycles. The van der Waals surface area contributed by atoms with Crippen molar-refractivity contribution in [3.05, 3.63) is 81.4 Å². The third-order valence-corrected chi connectivity index (χ3v) is 5.28. The van der Waals surface area contributed by atoms with Gasteiger partial charge >= 0.3 is 0 Å². The van der Waals surface area contributed by atoms with Crippen LogP contribution in [0.1, 0.15) is 10.4 Å². The predicted octanol–water partition coefficient (Wildman–Crippen LogP) is 5.96. The summed E-state index contributed by atoms with van der Waals surface area (Å²) in [5, 5.41) is 1.54. The van der Waals surface area contributed by atoms with Crippen molar-refractivity contribution in [1.82, 2.24) is 9.38 Å². The lowest BCUT2D eigenvalue weighted by Gasteiger charge is -2.00. The second-order valence-corrected chi connectivity index (χ2v) is 7.23. The van der Waals surface area contributed by atoms with Gasteiger partial charge in [0.25, 0.3) is 0 Å². The minimum absolute atomic E-state index is 0.733. The van der Waals surface area contributed by atoms with Crippen molar-refractivity contribution >= 4 is 39.5 Å². The largest absolute Gasteiger partial charge is 0.297 e. The van der Waals surface area contributed by atoms with E-state index in [0.717, 1.165) is 38.2 Å². The van der Waals surface area contributed by atoms with E-state index in [-0.39, 0.29) is 0 Å². The van der Waals surface area contributed by atoms with E-state index in [4.69, 9.17) is 28.2 Å². The first-order valence-corrected chi connectivity index (χ1v) is 8.73. The summed E-state index contributed by atoms with van der Waals surface area (Å²) in [5.74, 6) is 0. The number of hydrogen-bond donors (Lipinski definition) is 0. The highest BCUT2D eigenvalue weighted by molar-refractivity contribution is 7.17. The molecule has 5 heteroatoms. The van der Waals surface area contributed by atoms with Crippen LogP contribution < -0.4 is 0 Å². The molecule has 0 unspecified atom stereocenters. The number of imidazole rings is 1. The molecular weight excluding hydrogens is 347 g/mol. The summed E-state index contributed by atoms with van der Waals surface area (Å²) in [6.45, 7) is 0. The van der Waals surface area contributed by atoms with Crippen molar-refractivity contribution in [1.29, 1.82) is 0 Å². The third-order valence-electron chi connectivity index (χ3n) is 3.67. The van der Waals surface area contributed by atoms with Crippen LogP contribution in [0.25, 0.3) is 16.2 Å². The highest BCUT2D eigenvalue weighted by Crippen LogP contribution is 2.27. The number of benzene rings is 2. The zero-order valence-corrected chi connectivity index (χ0v) is 14.4. The molecule has 0 saturated heterocycles. The number of hydrogen-bond acceptors (Lipinski definition) is 2. The van der Waals surface area contributed by atoms with Crippen molar-refractivity contribution in [2.24, 2.45) is 0 Å². The van der Waals surface area contributed by atoms with Crippen LogP contribution in [0, 0.1) is 0 Å². The number of aromatic nitrogens is 2. The van der Waals surface area contributed by atoms with Crippen LogP contribution in [0.4, 0.5) is 0 Å². The Hall–Kier alpha value is -1.81. The van der Waals surface area contributed by atoms with Crippen molar-refractivity contribution in [3.8, 4) is 11.3 Å². The second-order valence-electron chi connectivity index (χ2n) is 5.29. The van der Waals surface area contributed by atoms with Gasteiger partial charge in [-0.2, -0.15) is 0 Å². The number of fused-ring (bicyclic) bond motifs is 1. The minimum Gasteiger partial charge on any atom is -0.297 e. The predicted molar refractivity (Wildman–Crippen MR) is 97.8 cm³/mol. The summed E-state index contributed by atoms with van der Waals surface area (Å²) in [7, 11) is 0. The number of thiazole rings is 1. The molecule has 23 heavy (non-hydrogen) atoms. The molecule has 0 N–H and O–H groups in total. The molecule has 0 spiro atoms. The van der Waals surface area contributed by atoms with Gasteiger partial charge in [0, 0.05) is 39.3 Å². The Labute approximate surface area is 147 Å². The standard InChI is InChI=1S/C18H12Cl2N2S/c19-14-7-5-12(6-8-14)17-11-22-10-15(23-18(22)21-17)9-13-3-1-2-4-16(13)20/h1-8,10-11H,9H2. The Kier molecular flexibility index (Phi) is 3.85. The van der Waals surface area contributed by atoms with Crippen LogP contribution in [-0.4, -0.2) is 9.38 Å². The van der Waals surface area contributed by atoms with E-state index in [1.165, 1.54) is 4.88 Å².